The maximum atomic E-state index is 13.2. The Labute approximate surface area is 120 Å². The van der Waals surface area contributed by atoms with Gasteiger partial charge in [0, 0.05) is 17.3 Å². The molecule has 0 aliphatic heterocycles. The van der Waals surface area contributed by atoms with Gasteiger partial charge in [-0.15, -0.1) is 11.3 Å². The van der Waals surface area contributed by atoms with E-state index in [1.807, 2.05) is 6.07 Å². The Hall–Kier alpha value is -1.93. The number of nitriles is 1. The number of carbonyl (C=O) groups is 1. The van der Waals surface area contributed by atoms with Crippen LogP contribution in [0, 0.1) is 17.1 Å². The van der Waals surface area contributed by atoms with Crippen molar-refractivity contribution in [2.24, 2.45) is 0 Å². The van der Waals surface area contributed by atoms with E-state index in [-0.39, 0.29) is 17.8 Å². The summed E-state index contributed by atoms with van der Waals surface area (Å²) in [6.45, 7) is 0.475. The normalized spacial score (nSPS) is 14.2. The van der Waals surface area contributed by atoms with E-state index in [1.54, 1.807) is 11.0 Å². The van der Waals surface area contributed by atoms with Crippen LogP contribution < -0.4 is 0 Å². The van der Waals surface area contributed by atoms with Gasteiger partial charge in [-0.2, -0.15) is 5.26 Å². The number of thiophene rings is 1. The molecule has 0 spiro atoms. The highest BCUT2D eigenvalue weighted by Gasteiger charge is 2.33. The van der Waals surface area contributed by atoms with E-state index in [0.29, 0.717) is 17.8 Å². The molecular formula is C15H13FN2OS. The molecule has 3 nitrogen and oxygen atoms in total. The molecule has 1 aliphatic carbocycles. The Morgan fingerprint density at radius 1 is 1.45 bits per heavy atom. The van der Waals surface area contributed by atoms with Crippen molar-refractivity contribution in [1.82, 2.24) is 4.90 Å². The molecule has 102 valence electrons. The molecule has 0 saturated heterocycles. The van der Waals surface area contributed by atoms with E-state index < -0.39 is 0 Å². The van der Waals surface area contributed by atoms with Crippen molar-refractivity contribution in [2.75, 3.05) is 6.54 Å². The maximum absolute atomic E-state index is 13.2. The SMILES string of the molecule is N#CCCN(C(=O)c1cc2ccc(F)cc2s1)C1CC1. The van der Waals surface area contributed by atoms with Crippen LogP contribution in [-0.2, 0) is 0 Å². The lowest BCUT2D eigenvalue weighted by Crippen LogP contribution is -2.33. The van der Waals surface area contributed by atoms with E-state index in [1.165, 1.54) is 23.5 Å². The van der Waals surface area contributed by atoms with E-state index in [9.17, 15) is 9.18 Å². The smallest absolute Gasteiger partial charge is 0.264 e. The van der Waals surface area contributed by atoms with Gasteiger partial charge in [-0.25, -0.2) is 4.39 Å². The lowest BCUT2D eigenvalue weighted by atomic mass is 10.2. The number of fused-ring (bicyclic) bond motifs is 1. The average molecular weight is 288 g/mol. The lowest BCUT2D eigenvalue weighted by Gasteiger charge is -2.20. The molecule has 5 heteroatoms. The third-order valence-corrected chi connectivity index (χ3v) is 4.49. The molecule has 0 N–H and O–H groups in total. The molecule has 1 saturated carbocycles. The molecule has 0 unspecified atom stereocenters. The molecule has 1 aliphatic rings. The van der Waals surface area contributed by atoms with Crippen LogP contribution in [0.4, 0.5) is 4.39 Å². The van der Waals surface area contributed by atoms with Crippen molar-refractivity contribution >= 4 is 27.3 Å². The van der Waals surface area contributed by atoms with Crippen LogP contribution in [0.15, 0.2) is 24.3 Å². The molecule has 1 amide bonds. The fourth-order valence-electron chi connectivity index (χ4n) is 2.26. The minimum absolute atomic E-state index is 0.0376. The zero-order valence-corrected chi connectivity index (χ0v) is 11.6. The Bertz CT molecular complexity index is 699. The molecular weight excluding hydrogens is 275 g/mol. The zero-order chi connectivity index (χ0) is 14.1. The molecule has 1 aromatic heterocycles. The number of amides is 1. The van der Waals surface area contributed by atoms with Crippen molar-refractivity contribution < 1.29 is 9.18 Å². The standard InChI is InChI=1S/C15H13FN2OS/c16-11-3-2-10-8-14(20-13(10)9-11)15(19)18(7-1-6-17)12-4-5-12/h2-3,8-9,12H,1,4-5,7H2. The van der Waals surface area contributed by atoms with Crippen LogP contribution in [0.5, 0.6) is 0 Å². The summed E-state index contributed by atoms with van der Waals surface area (Å²) >= 11 is 1.31. The molecule has 0 bridgehead atoms. The van der Waals surface area contributed by atoms with Crippen LogP contribution in [-0.4, -0.2) is 23.4 Å². The number of nitrogens with zero attached hydrogens (tertiary/aromatic N) is 2. The van der Waals surface area contributed by atoms with E-state index in [2.05, 4.69) is 6.07 Å². The first-order valence-electron chi connectivity index (χ1n) is 6.56. The van der Waals surface area contributed by atoms with Gasteiger partial charge in [0.05, 0.1) is 17.4 Å². The second-order valence-electron chi connectivity index (χ2n) is 4.93. The number of benzene rings is 1. The predicted octanol–water partition coefficient (Wildman–Crippen LogP) is 3.56. The number of hydrogen-bond donors (Lipinski definition) is 0. The van der Waals surface area contributed by atoms with Crippen LogP contribution >= 0.6 is 11.3 Å². The topological polar surface area (TPSA) is 44.1 Å². The molecule has 1 fully saturated rings. The van der Waals surface area contributed by atoms with Gasteiger partial charge in [-0.1, -0.05) is 6.07 Å². The van der Waals surface area contributed by atoms with Crippen LogP contribution in [0.1, 0.15) is 28.9 Å². The van der Waals surface area contributed by atoms with E-state index in [4.69, 9.17) is 5.26 Å². The molecule has 2 aromatic rings. The third kappa shape index (κ3) is 2.52. The second-order valence-corrected chi connectivity index (χ2v) is 6.01. The predicted molar refractivity (Wildman–Crippen MR) is 76.1 cm³/mol. The quantitative estimate of drug-likeness (QED) is 0.863. The molecule has 20 heavy (non-hydrogen) atoms. The second kappa shape index (κ2) is 5.22. The highest BCUT2D eigenvalue weighted by Crippen LogP contribution is 2.32. The largest absolute Gasteiger partial charge is 0.334 e. The summed E-state index contributed by atoms with van der Waals surface area (Å²) in [6, 6.07) is 8.71. The Morgan fingerprint density at radius 2 is 2.25 bits per heavy atom. The minimum atomic E-state index is -0.290. The Kier molecular flexibility index (Phi) is 3.41. The summed E-state index contributed by atoms with van der Waals surface area (Å²) < 4.78 is 14.0. The van der Waals surface area contributed by atoms with Gasteiger partial charge in [-0.05, 0) is 36.4 Å². The molecule has 0 radical (unpaired) electrons. The lowest BCUT2D eigenvalue weighted by molar-refractivity contribution is 0.0752. The first-order chi connectivity index (χ1) is 9.69. The fourth-order valence-corrected chi connectivity index (χ4v) is 3.30. The summed E-state index contributed by atoms with van der Waals surface area (Å²) in [5.74, 6) is -0.328. The summed E-state index contributed by atoms with van der Waals surface area (Å²) in [5, 5.41) is 9.57. The molecule has 1 heterocycles. The van der Waals surface area contributed by atoms with Gasteiger partial charge < -0.3 is 4.90 Å². The van der Waals surface area contributed by atoms with Gasteiger partial charge in [-0.3, -0.25) is 4.79 Å². The third-order valence-electron chi connectivity index (χ3n) is 3.41. The van der Waals surface area contributed by atoms with Crippen molar-refractivity contribution in [3.8, 4) is 6.07 Å². The number of hydrogen-bond acceptors (Lipinski definition) is 3. The van der Waals surface area contributed by atoms with Crippen molar-refractivity contribution in [1.29, 1.82) is 5.26 Å². The van der Waals surface area contributed by atoms with Crippen molar-refractivity contribution in [2.45, 2.75) is 25.3 Å². The van der Waals surface area contributed by atoms with Crippen LogP contribution in [0.3, 0.4) is 0 Å². The monoisotopic (exact) mass is 288 g/mol. The number of rotatable bonds is 4. The van der Waals surface area contributed by atoms with Crippen LogP contribution in [0.25, 0.3) is 10.1 Å². The first kappa shape index (κ1) is 13.1. The van der Waals surface area contributed by atoms with Crippen molar-refractivity contribution in [3.63, 3.8) is 0 Å². The first-order valence-corrected chi connectivity index (χ1v) is 7.37. The van der Waals surface area contributed by atoms with Crippen LogP contribution in [0.2, 0.25) is 0 Å². The van der Waals surface area contributed by atoms with Gasteiger partial charge in [0.1, 0.15) is 5.82 Å². The van der Waals surface area contributed by atoms with Crippen molar-refractivity contribution in [3.05, 3.63) is 35.0 Å². The summed E-state index contributed by atoms with van der Waals surface area (Å²) in [7, 11) is 0. The maximum Gasteiger partial charge on any atom is 0.264 e. The van der Waals surface area contributed by atoms with Gasteiger partial charge in [0.2, 0.25) is 0 Å². The molecule has 3 rings (SSSR count). The fraction of sp³-hybridized carbons (Fsp3) is 0.333. The van der Waals surface area contributed by atoms with Gasteiger partial charge in [0.25, 0.3) is 5.91 Å². The average Bonchev–Trinajstić information content (AvgIpc) is 3.18. The molecule has 1 aromatic carbocycles. The number of carbonyl (C=O) groups excluding carboxylic acids is 1. The Morgan fingerprint density at radius 3 is 2.95 bits per heavy atom. The van der Waals surface area contributed by atoms with Gasteiger partial charge in [0.15, 0.2) is 0 Å². The zero-order valence-electron chi connectivity index (χ0n) is 10.8. The molecule has 0 atom stereocenters. The number of halogens is 1. The summed E-state index contributed by atoms with van der Waals surface area (Å²) in [4.78, 5) is 14.9. The summed E-state index contributed by atoms with van der Waals surface area (Å²) in [5.41, 5.74) is 0. The highest BCUT2D eigenvalue weighted by molar-refractivity contribution is 7.20. The highest BCUT2D eigenvalue weighted by atomic mass is 32.1. The summed E-state index contributed by atoms with van der Waals surface area (Å²) in [6.07, 6.45) is 2.37. The van der Waals surface area contributed by atoms with Gasteiger partial charge >= 0.3 is 0 Å². The Balaban J connectivity index is 1.88. The van der Waals surface area contributed by atoms with E-state index in [0.717, 1.165) is 22.9 Å². The van der Waals surface area contributed by atoms with E-state index >= 15 is 0 Å². The minimum Gasteiger partial charge on any atom is -0.334 e.